The fraction of sp³-hybridized carbons (Fsp3) is 0.192. The number of hydrogen-bond donors (Lipinski definition) is 2. The van der Waals surface area contributed by atoms with E-state index in [1.807, 2.05) is 92.1 Å². The Hall–Kier alpha value is -3.58. The normalized spacial score (nSPS) is 10.9. The first kappa shape index (κ1) is 22.6. The van der Waals surface area contributed by atoms with Gasteiger partial charge in [0.25, 0.3) is 0 Å². The lowest BCUT2D eigenvalue weighted by atomic mass is 10.1. The maximum atomic E-state index is 12.9. The predicted octanol–water partition coefficient (Wildman–Crippen LogP) is 5.33. The van der Waals surface area contributed by atoms with Gasteiger partial charge in [0.2, 0.25) is 11.8 Å². The molecule has 2 N–H and O–H groups in total. The first-order valence-electron chi connectivity index (χ1n) is 10.7. The topological polar surface area (TPSA) is 76.0 Å². The molecule has 0 radical (unpaired) electrons. The van der Waals surface area contributed by atoms with Crippen LogP contribution in [0.1, 0.15) is 16.7 Å². The Morgan fingerprint density at radius 1 is 0.879 bits per heavy atom. The molecule has 0 atom stereocenters. The molecule has 0 saturated carbocycles. The summed E-state index contributed by atoms with van der Waals surface area (Å²) in [7, 11) is 0. The van der Waals surface area contributed by atoms with Gasteiger partial charge < -0.3 is 15.2 Å². The van der Waals surface area contributed by atoms with Crippen molar-refractivity contribution >= 4 is 46.0 Å². The summed E-state index contributed by atoms with van der Waals surface area (Å²) < 4.78 is 1.86. The zero-order valence-electron chi connectivity index (χ0n) is 18.9. The van der Waals surface area contributed by atoms with Crippen LogP contribution in [0, 0.1) is 20.8 Å². The molecule has 0 saturated heterocycles. The van der Waals surface area contributed by atoms with Gasteiger partial charge in [0, 0.05) is 11.4 Å². The van der Waals surface area contributed by atoms with E-state index in [9.17, 15) is 9.59 Å². The number of nitrogens with zero attached hydrogens (tertiary/aromatic N) is 2. The number of imidazole rings is 1. The van der Waals surface area contributed by atoms with Gasteiger partial charge >= 0.3 is 0 Å². The standard InChI is InChI=1S/C26H26N4O2S/c1-17-8-11-20(12-9-17)27-25(32)16-33-26-29-22-6-4-5-7-23(22)30(26)15-24(31)28-21-13-10-18(2)14-19(21)3/h4-14H,15-16H2,1-3H3,(H,27,32)(H,28,31). The average Bonchev–Trinajstić information content (AvgIpc) is 3.13. The summed E-state index contributed by atoms with van der Waals surface area (Å²) in [5, 5.41) is 6.52. The smallest absolute Gasteiger partial charge is 0.244 e. The van der Waals surface area contributed by atoms with Crippen LogP contribution in [0.4, 0.5) is 11.4 Å². The van der Waals surface area contributed by atoms with Gasteiger partial charge in [-0.05, 0) is 56.7 Å². The fourth-order valence-corrected chi connectivity index (χ4v) is 4.38. The van der Waals surface area contributed by atoms with Gasteiger partial charge in [-0.15, -0.1) is 0 Å². The van der Waals surface area contributed by atoms with E-state index in [1.165, 1.54) is 11.8 Å². The van der Waals surface area contributed by atoms with Crippen LogP contribution < -0.4 is 10.6 Å². The van der Waals surface area contributed by atoms with E-state index in [-0.39, 0.29) is 24.1 Å². The lowest BCUT2D eigenvalue weighted by Crippen LogP contribution is -2.20. The van der Waals surface area contributed by atoms with E-state index in [0.29, 0.717) is 5.16 Å². The number of hydrogen-bond acceptors (Lipinski definition) is 4. The number of nitrogens with one attached hydrogen (secondary N) is 2. The van der Waals surface area contributed by atoms with Crippen LogP contribution in [0.2, 0.25) is 0 Å². The van der Waals surface area contributed by atoms with Crippen LogP contribution in [-0.2, 0) is 16.1 Å². The summed E-state index contributed by atoms with van der Waals surface area (Å²) >= 11 is 1.32. The SMILES string of the molecule is Cc1ccc(NC(=O)CSc2nc3ccccc3n2CC(=O)Nc2ccc(C)cc2C)cc1. The lowest BCUT2D eigenvalue weighted by Gasteiger charge is -2.12. The number of fused-ring (bicyclic) bond motifs is 1. The third kappa shape index (κ3) is 5.62. The van der Waals surface area contributed by atoms with Gasteiger partial charge in [-0.1, -0.05) is 59.3 Å². The fourth-order valence-electron chi connectivity index (χ4n) is 3.57. The second kappa shape index (κ2) is 9.92. The van der Waals surface area contributed by atoms with Crippen molar-refractivity contribution in [2.75, 3.05) is 16.4 Å². The van der Waals surface area contributed by atoms with E-state index >= 15 is 0 Å². The zero-order valence-corrected chi connectivity index (χ0v) is 19.7. The molecular weight excluding hydrogens is 432 g/mol. The molecule has 33 heavy (non-hydrogen) atoms. The Labute approximate surface area is 197 Å². The van der Waals surface area contributed by atoms with Crippen molar-refractivity contribution in [2.45, 2.75) is 32.5 Å². The summed E-state index contributed by atoms with van der Waals surface area (Å²) in [5.74, 6) is -0.0751. The van der Waals surface area contributed by atoms with Crippen LogP contribution in [0.15, 0.2) is 71.9 Å². The highest BCUT2D eigenvalue weighted by atomic mass is 32.2. The van der Waals surface area contributed by atoms with Crippen LogP contribution >= 0.6 is 11.8 Å². The van der Waals surface area contributed by atoms with E-state index in [2.05, 4.69) is 15.6 Å². The monoisotopic (exact) mass is 458 g/mol. The van der Waals surface area contributed by atoms with E-state index in [1.54, 1.807) is 0 Å². The van der Waals surface area contributed by atoms with Gasteiger partial charge in [-0.2, -0.15) is 0 Å². The Morgan fingerprint density at radius 2 is 1.61 bits per heavy atom. The zero-order chi connectivity index (χ0) is 23.4. The molecule has 1 heterocycles. The number of benzene rings is 3. The molecule has 6 nitrogen and oxygen atoms in total. The molecule has 4 rings (SSSR count). The maximum absolute atomic E-state index is 12.9. The van der Waals surface area contributed by atoms with Gasteiger partial charge in [-0.25, -0.2) is 4.98 Å². The molecule has 0 spiro atoms. The number of carbonyl (C=O) groups excluding carboxylic acids is 2. The number of aromatic nitrogens is 2. The minimum absolute atomic E-state index is 0.107. The van der Waals surface area contributed by atoms with E-state index < -0.39 is 0 Å². The molecular formula is C26H26N4O2S. The number of anilines is 2. The Bertz CT molecular complexity index is 1310. The van der Waals surface area contributed by atoms with Crippen molar-refractivity contribution in [1.82, 2.24) is 9.55 Å². The average molecular weight is 459 g/mol. The lowest BCUT2D eigenvalue weighted by molar-refractivity contribution is -0.117. The van der Waals surface area contributed by atoms with Crippen molar-refractivity contribution in [2.24, 2.45) is 0 Å². The predicted molar refractivity (Wildman–Crippen MR) is 135 cm³/mol. The van der Waals surface area contributed by atoms with Crippen molar-refractivity contribution in [1.29, 1.82) is 0 Å². The first-order valence-corrected chi connectivity index (χ1v) is 11.7. The van der Waals surface area contributed by atoms with Crippen LogP contribution in [0.25, 0.3) is 11.0 Å². The molecule has 7 heteroatoms. The molecule has 0 fully saturated rings. The highest BCUT2D eigenvalue weighted by molar-refractivity contribution is 7.99. The van der Waals surface area contributed by atoms with Crippen molar-refractivity contribution in [3.63, 3.8) is 0 Å². The number of rotatable bonds is 7. The van der Waals surface area contributed by atoms with Gasteiger partial charge in [0.15, 0.2) is 5.16 Å². The number of carbonyl (C=O) groups is 2. The highest BCUT2D eigenvalue weighted by Crippen LogP contribution is 2.25. The molecule has 0 aliphatic heterocycles. The Kier molecular flexibility index (Phi) is 6.79. The minimum Gasteiger partial charge on any atom is -0.325 e. The minimum atomic E-state index is -0.143. The summed E-state index contributed by atoms with van der Waals surface area (Å²) in [4.78, 5) is 30.0. The molecule has 1 aromatic heterocycles. The van der Waals surface area contributed by atoms with Gasteiger partial charge in [0.05, 0.1) is 16.8 Å². The largest absolute Gasteiger partial charge is 0.325 e. The quantitative estimate of drug-likeness (QED) is 0.367. The molecule has 168 valence electrons. The highest BCUT2D eigenvalue weighted by Gasteiger charge is 2.16. The molecule has 0 bridgehead atoms. The maximum Gasteiger partial charge on any atom is 0.244 e. The first-order chi connectivity index (χ1) is 15.9. The molecule has 2 amide bonds. The number of amides is 2. The molecule has 0 aliphatic carbocycles. The van der Waals surface area contributed by atoms with Gasteiger partial charge in [0.1, 0.15) is 6.54 Å². The third-order valence-electron chi connectivity index (χ3n) is 5.24. The summed E-state index contributed by atoms with van der Waals surface area (Å²) in [6.45, 7) is 6.11. The van der Waals surface area contributed by atoms with Crippen molar-refractivity contribution < 1.29 is 9.59 Å². The van der Waals surface area contributed by atoms with Gasteiger partial charge in [-0.3, -0.25) is 9.59 Å². The summed E-state index contributed by atoms with van der Waals surface area (Å²) in [6.07, 6.45) is 0. The Morgan fingerprint density at radius 3 is 2.36 bits per heavy atom. The molecule has 3 aromatic carbocycles. The second-order valence-electron chi connectivity index (χ2n) is 8.04. The number of thioether (sulfide) groups is 1. The molecule has 4 aromatic rings. The van der Waals surface area contributed by atoms with Crippen molar-refractivity contribution in [3.8, 4) is 0 Å². The van der Waals surface area contributed by atoms with Crippen LogP contribution in [-0.4, -0.2) is 27.1 Å². The second-order valence-corrected chi connectivity index (χ2v) is 8.98. The van der Waals surface area contributed by atoms with E-state index in [0.717, 1.165) is 39.1 Å². The van der Waals surface area contributed by atoms with E-state index in [4.69, 9.17) is 0 Å². The Balaban J connectivity index is 1.48. The van der Waals surface area contributed by atoms with Crippen molar-refractivity contribution in [3.05, 3.63) is 83.4 Å². The molecule has 0 aliphatic rings. The molecule has 0 unspecified atom stereocenters. The van der Waals surface area contributed by atoms with Crippen LogP contribution in [0.5, 0.6) is 0 Å². The summed E-state index contributed by atoms with van der Waals surface area (Å²) in [5.41, 5.74) is 6.49. The number of para-hydroxylation sites is 2. The number of aryl methyl sites for hydroxylation is 3. The van der Waals surface area contributed by atoms with Crippen LogP contribution in [0.3, 0.4) is 0 Å². The third-order valence-corrected chi connectivity index (χ3v) is 6.22. The summed E-state index contributed by atoms with van der Waals surface area (Å²) in [6, 6.07) is 21.3.